The molecule has 0 atom stereocenters. The molecule has 0 fully saturated rings. The lowest BCUT2D eigenvalue weighted by Gasteiger charge is -1.90. The number of unbranched alkanes of at least 4 members (excludes halogenated alkanes) is 4. The first kappa shape index (κ1) is 21.0. The second kappa shape index (κ2) is 15.5. The maximum atomic E-state index is 3.10. The lowest BCUT2D eigenvalue weighted by Crippen LogP contribution is -1.76. The van der Waals surface area contributed by atoms with Crippen molar-refractivity contribution in [2.75, 3.05) is 0 Å². The molecule has 26 heavy (non-hydrogen) atoms. The average molecular weight is 338 g/mol. The van der Waals surface area contributed by atoms with Gasteiger partial charge < -0.3 is 0 Å². The van der Waals surface area contributed by atoms with Gasteiger partial charge in [0.15, 0.2) is 0 Å². The van der Waals surface area contributed by atoms with Gasteiger partial charge in [-0.1, -0.05) is 74.1 Å². The van der Waals surface area contributed by atoms with Gasteiger partial charge >= 0.3 is 0 Å². The molecule has 0 unspecified atom stereocenters. The van der Waals surface area contributed by atoms with Gasteiger partial charge in [-0.25, -0.2) is 0 Å². The molecule has 0 heteroatoms. The molecule has 1 aromatic rings. The van der Waals surface area contributed by atoms with Crippen molar-refractivity contribution in [3.8, 4) is 47.4 Å². The highest BCUT2D eigenvalue weighted by molar-refractivity contribution is 5.44. The van der Waals surface area contributed by atoms with Crippen molar-refractivity contribution in [1.29, 1.82) is 0 Å². The zero-order valence-corrected chi connectivity index (χ0v) is 15.9. The van der Waals surface area contributed by atoms with Gasteiger partial charge in [0.25, 0.3) is 0 Å². The molecule has 130 valence electrons. The molecule has 0 aromatic heterocycles. The summed E-state index contributed by atoms with van der Waals surface area (Å²) in [5.41, 5.74) is 1.94. The standard InChI is InChI=1S/C26H26/c1-3-5-7-9-11-13-15-17-19-25-21-23-26(24-22-25)20-18-16-14-12-10-8-6-4-2/h13-16,21-24H,3-8H2,1-2H3. The highest BCUT2D eigenvalue weighted by atomic mass is 13.9. The van der Waals surface area contributed by atoms with Gasteiger partial charge in [0.2, 0.25) is 0 Å². The Morgan fingerprint density at radius 3 is 1.38 bits per heavy atom. The summed E-state index contributed by atoms with van der Waals surface area (Å²) in [6.45, 7) is 4.34. The van der Waals surface area contributed by atoms with E-state index in [1.165, 1.54) is 12.8 Å². The Balaban J connectivity index is 2.46. The van der Waals surface area contributed by atoms with Crippen LogP contribution in [0.15, 0.2) is 48.6 Å². The van der Waals surface area contributed by atoms with E-state index in [-0.39, 0.29) is 0 Å². The maximum absolute atomic E-state index is 3.10. The predicted molar refractivity (Wildman–Crippen MR) is 113 cm³/mol. The zero-order valence-electron chi connectivity index (χ0n) is 15.9. The Bertz CT molecular complexity index is 744. The number of benzene rings is 1. The van der Waals surface area contributed by atoms with Crippen molar-refractivity contribution in [2.45, 2.75) is 52.4 Å². The molecule has 0 aliphatic heterocycles. The predicted octanol–water partition coefficient (Wildman–Crippen LogP) is 5.89. The second-order valence-electron chi connectivity index (χ2n) is 5.63. The monoisotopic (exact) mass is 338 g/mol. The van der Waals surface area contributed by atoms with Crippen molar-refractivity contribution in [3.63, 3.8) is 0 Å². The van der Waals surface area contributed by atoms with E-state index >= 15 is 0 Å². The third-order valence-corrected chi connectivity index (χ3v) is 3.33. The molecule has 1 aromatic carbocycles. The first-order valence-electron chi connectivity index (χ1n) is 9.26. The summed E-state index contributed by atoms with van der Waals surface area (Å²) in [6, 6.07) is 7.91. The Kier molecular flexibility index (Phi) is 12.5. The lowest BCUT2D eigenvalue weighted by atomic mass is 10.1. The van der Waals surface area contributed by atoms with Gasteiger partial charge in [-0.3, -0.25) is 0 Å². The molecule has 0 aliphatic rings. The van der Waals surface area contributed by atoms with Crippen molar-refractivity contribution in [1.82, 2.24) is 0 Å². The van der Waals surface area contributed by atoms with Crippen LogP contribution in [0.25, 0.3) is 0 Å². The summed E-state index contributed by atoms with van der Waals surface area (Å²) in [5.74, 6) is 24.4. The fraction of sp³-hybridized carbons (Fsp3) is 0.308. The number of allylic oxidation sites excluding steroid dienone is 4. The summed E-state index contributed by atoms with van der Waals surface area (Å²) >= 11 is 0. The SMILES string of the molecule is CCCCC#CC=CC#Cc1ccc(C#CC=CC#CCCCC)cc1. The summed E-state index contributed by atoms with van der Waals surface area (Å²) < 4.78 is 0. The van der Waals surface area contributed by atoms with E-state index in [0.29, 0.717) is 0 Å². The molecule has 0 aliphatic carbocycles. The summed E-state index contributed by atoms with van der Waals surface area (Å²) in [5, 5.41) is 0. The smallest absolute Gasteiger partial charge is 0.0249 e. The highest BCUT2D eigenvalue weighted by Crippen LogP contribution is 2.01. The van der Waals surface area contributed by atoms with E-state index in [1.807, 2.05) is 24.3 Å². The van der Waals surface area contributed by atoms with Crippen molar-refractivity contribution in [3.05, 3.63) is 59.7 Å². The average Bonchev–Trinajstić information content (AvgIpc) is 2.67. The molecule has 0 heterocycles. The third-order valence-electron chi connectivity index (χ3n) is 3.33. The van der Waals surface area contributed by atoms with Crippen molar-refractivity contribution in [2.24, 2.45) is 0 Å². The van der Waals surface area contributed by atoms with Gasteiger partial charge in [0, 0.05) is 24.0 Å². The third kappa shape index (κ3) is 11.5. The van der Waals surface area contributed by atoms with Crippen LogP contribution in [-0.4, -0.2) is 0 Å². The lowest BCUT2D eigenvalue weighted by molar-refractivity contribution is 0.828. The summed E-state index contributed by atoms with van der Waals surface area (Å²) in [6.07, 6.45) is 13.8. The first-order valence-corrected chi connectivity index (χ1v) is 9.26. The minimum Gasteiger partial charge on any atom is -0.0985 e. The summed E-state index contributed by atoms with van der Waals surface area (Å²) in [4.78, 5) is 0. The largest absolute Gasteiger partial charge is 0.0985 e. The van der Waals surface area contributed by atoms with Gasteiger partial charge in [-0.15, -0.1) is 0 Å². The van der Waals surface area contributed by atoms with E-state index in [2.05, 4.69) is 61.2 Å². The fourth-order valence-electron chi connectivity index (χ4n) is 1.85. The van der Waals surface area contributed by atoms with Crippen molar-refractivity contribution >= 4 is 0 Å². The first-order chi connectivity index (χ1) is 12.9. The molecule has 0 spiro atoms. The van der Waals surface area contributed by atoms with Crippen molar-refractivity contribution < 1.29 is 0 Å². The van der Waals surface area contributed by atoms with Crippen LogP contribution >= 0.6 is 0 Å². The highest BCUT2D eigenvalue weighted by Gasteiger charge is 1.87. The molecule has 1 rings (SSSR count). The molecule has 0 bridgehead atoms. The Morgan fingerprint density at radius 2 is 1.00 bits per heavy atom. The van der Waals surface area contributed by atoms with Crippen LogP contribution in [0.3, 0.4) is 0 Å². The van der Waals surface area contributed by atoms with E-state index in [0.717, 1.165) is 36.8 Å². The van der Waals surface area contributed by atoms with Crippen LogP contribution in [0.2, 0.25) is 0 Å². The maximum Gasteiger partial charge on any atom is 0.0249 e. The van der Waals surface area contributed by atoms with E-state index < -0.39 is 0 Å². The molecule has 0 nitrogen and oxygen atoms in total. The number of rotatable bonds is 4. The van der Waals surface area contributed by atoms with Gasteiger partial charge in [-0.2, -0.15) is 0 Å². The van der Waals surface area contributed by atoms with E-state index in [9.17, 15) is 0 Å². The van der Waals surface area contributed by atoms with Crippen LogP contribution in [0.4, 0.5) is 0 Å². The Hall–Kier alpha value is -3.06. The fourth-order valence-corrected chi connectivity index (χ4v) is 1.85. The van der Waals surface area contributed by atoms with Crippen LogP contribution in [0, 0.1) is 47.4 Å². The van der Waals surface area contributed by atoms with E-state index in [1.54, 1.807) is 24.3 Å². The van der Waals surface area contributed by atoms with Crippen LogP contribution in [-0.2, 0) is 0 Å². The second-order valence-corrected chi connectivity index (χ2v) is 5.63. The minimum atomic E-state index is 0.956. The van der Waals surface area contributed by atoms with Crippen LogP contribution in [0.5, 0.6) is 0 Å². The van der Waals surface area contributed by atoms with Gasteiger partial charge in [0.05, 0.1) is 0 Å². The number of hydrogen-bond donors (Lipinski definition) is 0. The Labute approximate surface area is 159 Å². The molecular weight excluding hydrogens is 312 g/mol. The van der Waals surface area contributed by atoms with Crippen LogP contribution < -0.4 is 0 Å². The topological polar surface area (TPSA) is 0 Å². The van der Waals surface area contributed by atoms with Gasteiger partial charge in [-0.05, 0) is 61.4 Å². The molecule has 0 radical (unpaired) electrons. The molecular formula is C26H26. The molecule has 0 saturated carbocycles. The quantitative estimate of drug-likeness (QED) is 0.474. The number of hydrogen-bond acceptors (Lipinski definition) is 0. The van der Waals surface area contributed by atoms with Crippen LogP contribution in [0.1, 0.15) is 63.5 Å². The Morgan fingerprint density at radius 1 is 0.615 bits per heavy atom. The normalized spacial score (nSPS) is 9.31. The summed E-state index contributed by atoms with van der Waals surface area (Å²) in [7, 11) is 0. The molecule has 0 saturated heterocycles. The zero-order chi connectivity index (χ0) is 18.7. The van der Waals surface area contributed by atoms with E-state index in [4.69, 9.17) is 0 Å². The van der Waals surface area contributed by atoms with Gasteiger partial charge in [0.1, 0.15) is 0 Å². The minimum absolute atomic E-state index is 0.956. The molecule has 0 N–H and O–H groups in total. The molecule has 0 amide bonds.